The molecule has 0 aliphatic rings. The quantitative estimate of drug-likeness (QED) is 0.184. The van der Waals surface area contributed by atoms with Crippen molar-refractivity contribution in [1.82, 2.24) is 31.1 Å². The Morgan fingerprint density at radius 1 is 0.844 bits per heavy atom. The predicted molar refractivity (Wildman–Crippen MR) is 167 cm³/mol. The van der Waals surface area contributed by atoms with Crippen LogP contribution in [-0.4, -0.2) is 103 Å². The zero-order chi connectivity index (χ0) is 34.2. The molecule has 45 heavy (non-hydrogen) atoms. The van der Waals surface area contributed by atoms with Crippen molar-refractivity contribution >= 4 is 41.4 Å². The molecule has 0 radical (unpaired) electrons. The molecule has 0 fully saturated rings. The van der Waals surface area contributed by atoms with Crippen molar-refractivity contribution in [2.24, 2.45) is 0 Å². The highest BCUT2D eigenvalue weighted by atomic mass is 16.6. The van der Waals surface area contributed by atoms with Crippen molar-refractivity contribution in [1.29, 1.82) is 0 Å². The van der Waals surface area contributed by atoms with Gasteiger partial charge in [-0.1, -0.05) is 57.0 Å². The smallest absolute Gasteiger partial charge is 0.408 e. The summed E-state index contributed by atoms with van der Waals surface area (Å²) in [5.41, 5.74) is -0.201. The zero-order valence-corrected chi connectivity index (χ0v) is 27.4. The van der Waals surface area contributed by atoms with E-state index in [1.807, 2.05) is 13.8 Å². The van der Waals surface area contributed by atoms with E-state index < -0.39 is 72.8 Å². The number of nitrogens with zero attached hydrogens (tertiary/aromatic N) is 2. The summed E-state index contributed by atoms with van der Waals surface area (Å²) >= 11 is 0. The number of carbonyl (C=O) groups is 7. The summed E-state index contributed by atoms with van der Waals surface area (Å²) in [6.45, 7) is 7.59. The van der Waals surface area contributed by atoms with Gasteiger partial charge in [-0.05, 0) is 39.2 Å². The maximum atomic E-state index is 13.0. The van der Waals surface area contributed by atoms with Crippen molar-refractivity contribution in [3.05, 3.63) is 35.9 Å². The number of amides is 6. The van der Waals surface area contributed by atoms with Crippen LogP contribution in [0.2, 0.25) is 0 Å². The van der Waals surface area contributed by atoms with Crippen molar-refractivity contribution < 1.29 is 38.3 Å². The number of likely N-dealkylation sites (N-methyl/N-ethyl adjacent to an activating group) is 1. The van der Waals surface area contributed by atoms with Gasteiger partial charge in [0, 0.05) is 20.6 Å². The first-order valence-electron chi connectivity index (χ1n) is 15.0. The number of rotatable bonds is 17. The topological polar surface area (TPSA) is 183 Å². The molecule has 4 N–H and O–H groups in total. The highest BCUT2D eigenvalue weighted by Gasteiger charge is 2.29. The van der Waals surface area contributed by atoms with E-state index >= 15 is 0 Å². The molecule has 0 aromatic heterocycles. The Bertz CT molecular complexity index is 1180. The minimum atomic E-state index is -1.19. The van der Waals surface area contributed by atoms with Gasteiger partial charge in [0.15, 0.2) is 0 Å². The Balaban J connectivity index is 2.82. The van der Waals surface area contributed by atoms with Crippen LogP contribution in [-0.2, 0) is 33.5 Å². The predicted octanol–water partition coefficient (Wildman–Crippen LogP) is 1.06. The number of nitrogens with one attached hydrogen (secondary N) is 4. The Morgan fingerprint density at radius 3 is 2.04 bits per heavy atom. The summed E-state index contributed by atoms with van der Waals surface area (Å²) in [6, 6.07) is 6.40. The van der Waals surface area contributed by atoms with Crippen molar-refractivity contribution in [2.45, 2.75) is 78.0 Å². The molecule has 0 aliphatic heterocycles. The molecule has 250 valence electrons. The first-order valence-corrected chi connectivity index (χ1v) is 15.0. The zero-order valence-electron chi connectivity index (χ0n) is 27.4. The summed E-state index contributed by atoms with van der Waals surface area (Å²) in [5, 5.41) is 9.74. The number of unbranched alkanes of at least 4 members (excludes halogenated alkanes) is 1. The van der Waals surface area contributed by atoms with Gasteiger partial charge in [0.1, 0.15) is 18.2 Å². The number of hydrogen-bond acceptors (Lipinski definition) is 8. The van der Waals surface area contributed by atoms with E-state index in [0.29, 0.717) is 24.8 Å². The second-order valence-corrected chi connectivity index (χ2v) is 11.6. The first kappa shape index (κ1) is 38.5. The van der Waals surface area contributed by atoms with E-state index in [-0.39, 0.29) is 18.9 Å². The van der Waals surface area contributed by atoms with Crippen LogP contribution >= 0.6 is 0 Å². The lowest BCUT2D eigenvalue weighted by Gasteiger charge is -2.24. The fourth-order valence-electron chi connectivity index (χ4n) is 4.04. The number of ether oxygens (including phenoxy) is 1. The molecular formula is C31H48N6O8. The summed E-state index contributed by atoms with van der Waals surface area (Å²) in [6.07, 6.45) is 1.12. The molecule has 0 spiro atoms. The van der Waals surface area contributed by atoms with Crippen LogP contribution in [0.15, 0.2) is 30.3 Å². The van der Waals surface area contributed by atoms with E-state index in [1.165, 1.54) is 9.80 Å². The minimum Gasteiger partial charge on any atom is -0.444 e. The van der Waals surface area contributed by atoms with Crippen LogP contribution in [0.3, 0.4) is 0 Å². The average Bonchev–Trinajstić information content (AvgIpc) is 2.98. The highest BCUT2D eigenvalue weighted by Crippen LogP contribution is 2.14. The van der Waals surface area contributed by atoms with Gasteiger partial charge in [-0.25, -0.2) is 4.79 Å². The molecule has 1 rings (SSSR count). The summed E-state index contributed by atoms with van der Waals surface area (Å²) in [4.78, 5) is 91.2. The molecule has 0 aliphatic carbocycles. The third-order valence-corrected chi connectivity index (χ3v) is 6.22. The molecule has 0 heterocycles. The third-order valence-electron chi connectivity index (χ3n) is 6.22. The second-order valence-electron chi connectivity index (χ2n) is 11.6. The maximum Gasteiger partial charge on any atom is 0.408 e. The second kappa shape index (κ2) is 19.0. The SMILES string of the molecule is CCCCC(NC(=O)CN(CCC)C(=O)CNC(=O)OC(C)(C)C)C(=O)C(=O)NCC(=O)NC(C(=O)N(C)C)c1ccccc1. The summed E-state index contributed by atoms with van der Waals surface area (Å²) in [5.74, 6) is -4.29. The number of benzene rings is 1. The molecule has 0 saturated carbocycles. The number of carbonyl (C=O) groups excluding carboxylic acids is 7. The van der Waals surface area contributed by atoms with Gasteiger partial charge in [0.2, 0.25) is 29.4 Å². The highest BCUT2D eigenvalue weighted by molar-refractivity contribution is 6.38. The lowest BCUT2D eigenvalue weighted by atomic mass is 10.0. The average molecular weight is 633 g/mol. The number of hydrogen-bond donors (Lipinski definition) is 4. The van der Waals surface area contributed by atoms with E-state index in [0.717, 1.165) is 0 Å². The molecule has 0 saturated heterocycles. The largest absolute Gasteiger partial charge is 0.444 e. The van der Waals surface area contributed by atoms with Gasteiger partial charge < -0.3 is 35.8 Å². The summed E-state index contributed by atoms with van der Waals surface area (Å²) in [7, 11) is 3.10. The van der Waals surface area contributed by atoms with E-state index in [2.05, 4.69) is 21.3 Å². The fourth-order valence-corrected chi connectivity index (χ4v) is 4.04. The van der Waals surface area contributed by atoms with Gasteiger partial charge in [-0.3, -0.25) is 28.8 Å². The van der Waals surface area contributed by atoms with Crippen LogP contribution in [0.4, 0.5) is 4.79 Å². The molecule has 1 aromatic rings. The van der Waals surface area contributed by atoms with Crippen molar-refractivity contribution in [3.8, 4) is 0 Å². The lowest BCUT2D eigenvalue weighted by Crippen LogP contribution is -2.52. The molecule has 2 unspecified atom stereocenters. The van der Waals surface area contributed by atoms with Gasteiger partial charge >= 0.3 is 6.09 Å². The van der Waals surface area contributed by atoms with Crippen molar-refractivity contribution in [2.75, 3.05) is 40.3 Å². The van der Waals surface area contributed by atoms with Crippen LogP contribution in [0, 0.1) is 0 Å². The molecule has 0 bridgehead atoms. The monoisotopic (exact) mass is 632 g/mol. The maximum absolute atomic E-state index is 13.0. The number of alkyl carbamates (subject to hydrolysis) is 1. The van der Waals surface area contributed by atoms with Gasteiger partial charge in [-0.15, -0.1) is 0 Å². The Labute approximate surface area is 265 Å². The van der Waals surface area contributed by atoms with Gasteiger partial charge in [-0.2, -0.15) is 0 Å². The normalized spacial score (nSPS) is 12.2. The molecule has 14 nitrogen and oxygen atoms in total. The fraction of sp³-hybridized carbons (Fsp3) is 0.581. The number of ketones is 1. The third kappa shape index (κ3) is 14.7. The molecule has 1 aromatic carbocycles. The Morgan fingerprint density at radius 2 is 1.49 bits per heavy atom. The van der Waals surface area contributed by atoms with E-state index in [9.17, 15) is 33.6 Å². The van der Waals surface area contributed by atoms with Gasteiger partial charge in [0.25, 0.3) is 5.91 Å². The standard InChI is InChI=1S/C31H48N6O8/c1-8-10-16-22(34-24(39)20-37(17-9-2)25(40)19-33-30(44)45-31(3,4)5)27(41)28(42)32-18-23(38)35-26(29(43)36(6)7)21-14-12-11-13-15-21/h11-15,22,26H,8-10,16-20H2,1-7H3,(H,32,42)(H,33,44)(H,34,39)(H,35,38). The summed E-state index contributed by atoms with van der Waals surface area (Å²) < 4.78 is 5.12. The Kier molecular flexibility index (Phi) is 16.3. The first-order chi connectivity index (χ1) is 21.1. The molecular weight excluding hydrogens is 584 g/mol. The van der Waals surface area contributed by atoms with Crippen LogP contribution in [0.25, 0.3) is 0 Å². The van der Waals surface area contributed by atoms with Crippen LogP contribution in [0.1, 0.15) is 71.9 Å². The molecule has 2 atom stereocenters. The molecule has 6 amide bonds. The van der Waals surface area contributed by atoms with E-state index in [4.69, 9.17) is 4.74 Å². The lowest BCUT2D eigenvalue weighted by molar-refractivity contribution is -0.141. The van der Waals surface area contributed by atoms with Crippen LogP contribution < -0.4 is 21.3 Å². The minimum absolute atomic E-state index is 0.163. The molecule has 14 heteroatoms. The Hall–Kier alpha value is -4.49. The van der Waals surface area contributed by atoms with E-state index in [1.54, 1.807) is 65.2 Å². The van der Waals surface area contributed by atoms with Crippen LogP contribution in [0.5, 0.6) is 0 Å². The van der Waals surface area contributed by atoms with Gasteiger partial charge in [0.05, 0.1) is 19.1 Å². The van der Waals surface area contributed by atoms with Crippen molar-refractivity contribution in [3.63, 3.8) is 0 Å². The number of Topliss-reactive ketones (excluding diaryl/α,β-unsaturated/α-hetero) is 1.